The molecule has 2 aromatic carbocycles. The van der Waals surface area contributed by atoms with E-state index in [0.29, 0.717) is 10.6 Å². The maximum absolute atomic E-state index is 6.41. The summed E-state index contributed by atoms with van der Waals surface area (Å²) in [5.41, 5.74) is 2.49. The van der Waals surface area contributed by atoms with Crippen molar-refractivity contribution >= 4 is 70.7 Å². The number of nitrogens with one attached hydrogen (secondary N) is 1. The van der Waals surface area contributed by atoms with Gasteiger partial charge in [-0.15, -0.1) is 11.8 Å². The van der Waals surface area contributed by atoms with E-state index in [4.69, 9.17) is 21.6 Å². The molecule has 42 heavy (non-hydrogen) atoms. The normalized spacial score (nSPS) is 19.2. The fourth-order valence-corrected chi connectivity index (χ4v) is 5.73. The van der Waals surface area contributed by atoms with Gasteiger partial charge < -0.3 is 4.90 Å². The molecule has 3 aromatic rings. The van der Waals surface area contributed by atoms with Gasteiger partial charge in [-0.3, -0.25) is 15.3 Å². The standard InChI is InChI=1S/C30H31ClIN7S.C2H6/c1-8-10-25-24(27(20-11-9-12-22(31)17-20)36-29(34-4)39(25)35-5)18-26-30(37-26,21-13-15-23(32)16-14-21)28(33-3)38(6)19(2)40-7;1-2/h8-18,26,37H,1-2,5H2,3-4,6-7H3;1-2H3/b24-18+,25-10+,33-28?,34-29?;. The lowest BCUT2D eigenvalue weighted by Gasteiger charge is -2.28. The zero-order chi connectivity index (χ0) is 31.0. The van der Waals surface area contributed by atoms with Gasteiger partial charge in [-0.2, -0.15) is 9.78 Å². The smallest absolute Gasteiger partial charge is 0.246 e. The Labute approximate surface area is 271 Å². The van der Waals surface area contributed by atoms with Crippen LogP contribution in [0.3, 0.4) is 0 Å². The third-order valence-corrected chi connectivity index (χ3v) is 8.47. The molecule has 220 valence electrons. The molecule has 1 aliphatic rings. The second-order valence-corrected chi connectivity index (χ2v) is 11.5. The van der Waals surface area contributed by atoms with Gasteiger partial charge in [0.2, 0.25) is 5.62 Å². The number of likely N-dealkylation sites (N-methyl/N-ethyl adjacent to an activating group) is 1. The number of allylic oxidation sites excluding steroid dienone is 1. The molecule has 4 rings (SSSR count). The summed E-state index contributed by atoms with van der Waals surface area (Å²) in [6.07, 6.45) is 7.78. The molecule has 2 heterocycles. The summed E-state index contributed by atoms with van der Waals surface area (Å²) in [5, 5.41) is 11.1. The molecule has 2 atom stereocenters. The van der Waals surface area contributed by atoms with Gasteiger partial charge in [0.25, 0.3) is 0 Å². The Morgan fingerprint density at radius 3 is 2.45 bits per heavy atom. The van der Waals surface area contributed by atoms with Crippen LogP contribution in [0, 0.1) is 3.57 Å². The van der Waals surface area contributed by atoms with E-state index >= 15 is 0 Å². The molecule has 0 amide bonds. The monoisotopic (exact) mass is 713 g/mol. The van der Waals surface area contributed by atoms with Gasteiger partial charge in [-0.05, 0) is 64.8 Å². The Morgan fingerprint density at radius 2 is 1.90 bits per heavy atom. The zero-order valence-corrected chi connectivity index (χ0v) is 28.6. The van der Waals surface area contributed by atoms with Gasteiger partial charge in [0, 0.05) is 47.2 Å². The number of hydrogen-bond donors (Lipinski definition) is 1. The topological polar surface area (TPSA) is 80.1 Å². The minimum atomic E-state index is -0.593. The third kappa shape index (κ3) is 6.64. The third-order valence-electron chi connectivity index (χ3n) is 6.77. The largest absolute Gasteiger partial charge is 0.327 e. The number of aliphatic imine (C=N–C) groups is 1. The molecule has 1 N–H and O–H groups in total. The van der Waals surface area contributed by atoms with Gasteiger partial charge in [0.1, 0.15) is 11.4 Å². The lowest BCUT2D eigenvalue weighted by Crippen LogP contribution is -2.45. The van der Waals surface area contributed by atoms with E-state index in [9.17, 15) is 0 Å². The number of amidine groups is 1. The minimum Gasteiger partial charge on any atom is -0.327 e. The van der Waals surface area contributed by atoms with Crippen molar-refractivity contribution in [3.05, 3.63) is 103 Å². The van der Waals surface area contributed by atoms with Crippen molar-refractivity contribution in [2.24, 2.45) is 15.1 Å². The summed E-state index contributed by atoms with van der Waals surface area (Å²) >= 11 is 10.3. The number of nitrogens with zero attached hydrogens (tertiary/aromatic N) is 6. The van der Waals surface area contributed by atoms with Crippen molar-refractivity contribution in [3.63, 3.8) is 0 Å². The molecule has 0 spiro atoms. The van der Waals surface area contributed by atoms with E-state index in [-0.39, 0.29) is 6.04 Å². The molecule has 7 nitrogen and oxygen atoms in total. The first-order valence-corrected chi connectivity index (χ1v) is 16.0. The van der Waals surface area contributed by atoms with Crippen LogP contribution < -0.4 is 21.5 Å². The Balaban J connectivity index is 0.00000237. The van der Waals surface area contributed by atoms with Crippen molar-refractivity contribution < 1.29 is 0 Å². The zero-order valence-electron chi connectivity index (χ0n) is 24.9. The number of benzene rings is 2. The van der Waals surface area contributed by atoms with Crippen LogP contribution in [0.5, 0.6) is 0 Å². The quantitative estimate of drug-likeness (QED) is 0.150. The maximum atomic E-state index is 6.41. The summed E-state index contributed by atoms with van der Waals surface area (Å²) in [5.74, 6) is 0.857. The number of aromatic nitrogens is 2. The van der Waals surface area contributed by atoms with Crippen molar-refractivity contribution in [1.82, 2.24) is 19.9 Å². The van der Waals surface area contributed by atoms with Crippen LogP contribution in [0.2, 0.25) is 5.02 Å². The maximum Gasteiger partial charge on any atom is 0.246 e. The molecular formula is C32H37ClIN7S. The van der Waals surface area contributed by atoms with Crippen LogP contribution in [0.4, 0.5) is 0 Å². The fraction of sp³-hybridized carbons (Fsp3) is 0.250. The summed E-state index contributed by atoms with van der Waals surface area (Å²) in [6.45, 7) is 16.0. The van der Waals surface area contributed by atoms with Gasteiger partial charge in [-0.25, -0.2) is 4.98 Å². The molecule has 1 aromatic heterocycles. The van der Waals surface area contributed by atoms with E-state index in [2.05, 4.69) is 88.2 Å². The highest BCUT2D eigenvalue weighted by Crippen LogP contribution is 2.42. The van der Waals surface area contributed by atoms with E-state index in [1.165, 1.54) is 0 Å². The summed E-state index contributed by atoms with van der Waals surface area (Å²) in [4.78, 5) is 16.1. The van der Waals surface area contributed by atoms with Crippen molar-refractivity contribution in [2.45, 2.75) is 25.4 Å². The summed E-state index contributed by atoms with van der Waals surface area (Å²) < 4.78 is 2.77. The fourth-order valence-electron chi connectivity index (χ4n) is 4.82. The van der Waals surface area contributed by atoms with Gasteiger partial charge >= 0.3 is 0 Å². The van der Waals surface area contributed by atoms with Crippen LogP contribution in [0.1, 0.15) is 19.4 Å². The predicted octanol–water partition coefficient (Wildman–Crippen LogP) is 5.24. The van der Waals surface area contributed by atoms with Crippen LogP contribution in [-0.2, 0) is 5.54 Å². The van der Waals surface area contributed by atoms with Gasteiger partial charge in [-0.1, -0.05) is 75.0 Å². The van der Waals surface area contributed by atoms with E-state index in [0.717, 1.165) is 41.8 Å². The molecule has 1 saturated heterocycles. The molecule has 0 bridgehead atoms. The SMILES string of the molecule is C=C/C=c1\c(=C/C2NC2(C(=NC)N(C)C(=C)SC)c2ccc(I)cc2)c(-c2cccc(Cl)c2)nc(=NC)n1N=C.CC. The lowest BCUT2D eigenvalue weighted by molar-refractivity contribution is 0.618. The minimum absolute atomic E-state index is 0.136. The average Bonchev–Trinajstić information content (AvgIpc) is 3.72. The Morgan fingerprint density at radius 1 is 1.21 bits per heavy atom. The van der Waals surface area contributed by atoms with Gasteiger partial charge in [0.05, 0.1) is 22.1 Å². The molecule has 0 aliphatic carbocycles. The van der Waals surface area contributed by atoms with E-state index < -0.39 is 5.54 Å². The molecule has 1 aliphatic heterocycles. The molecule has 1 fully saturated rings. The van der Waals surface area contributed by atoms with Crippen LogP contribution in [0.25, 0.3) is 23.4 Å². The number of hydrogen-bond acceptors (Lipinski definition) is 6. The highest BCUT2D eigenvalue weighted by atomic mass is 127. The van der Waals surface area contributed by atoms with Crippen LogP contribution in [-0.4, -0.2) is 60.6 Å². The predicted molar refractivity (Wildman–Crippen MR) is 190 cm³/mol. The summed E-state index contributed by atoms with van der Waals surface area (Å²) in [6, 6.07) is 16.0. The Bertz CT molecular complexity index is 1700. The highest BCUT2D eigenvalue weighted by molar-refractivity contribution is 14.1. The second-order valence-electron chi connectivity index (χ2n) is 8.96. The van der Waals surface area contributed by atoms with Crippen molar-refractivity contribution in [2.75, 3.05) is 27.4 Å². The first-order chi connectivity index (χ1) is 20.2. The van der Waals surface area contributed by atoms with Crippen LogP contribution in [0.15, 0.2) is 87.9 Å². The van der Waals surface area contributed by atoms with E-state index in [1.807, 2.05) is 69.4 Å². The van der Waals surface area contributed by atoms with Crippen molar-refractivity contribution in [1.29, 1.82) is 0 Å². The summed E-state index contributed by atoms with van der Waals surface area (Å²) in [7, 11) is 5.49. The van der Waals surface area contributed by atoms with Crippen LogP contribution >= 0.6 is 46.0 Å². The van der Waals surface area contributed by atoms with Gasteiger partial charge in [0.15, 0.2) is 0 Å². The average molecular weight is 714 g/mol. The lowest BCUT2D eigenvalue weighted by atomic mass is 9.92. The molecular weight excluding hydrogens is 677 g/mol. The number of rotatable bonds is 8. The first kappa shape index (κ1) is 33.5. The van der Waals surface area contributed by atoms with E-state index in [1.54, 1.807) is 29.6 Å². The molecule has 0 radical (unpaired) electrons. The Hall–Kier alpha value is -2.99. The second kappa shape index (κ2) is 15.0. The highest BCUT2D eigenvalue weighted by Gasteiger charge is 2.59. The number of halogens is 2. The van der Waals surface area contributed by atoms with Crippen molar-refractivity contribution in [3.8, 4) is 11.3 Å². The molecule has 0 saturated carbocycles. The number of thioether (sulfide) groups is 1. The molecule has 10 heteroatoms. The Kier molecular flexibility index (Phi) is 11.9. The molecule has 2 unspecified atom stereocenters. The first-order valence-electron chi connectivity index (χ1n) is 13.4.